The highest BCUT2D eigenvalue weighted by Crippen LogP contribution is 2.31. The molecule has 0 spiro atoms. The standard InChI is InChI=1S/C15H10ClNO/c16-13-8-9-14(17-18)15-11-6-2-1-4-10(11)5-3-7-12(13)15/h1-9,18H. The van der Waals surface area contributed by atoms with E-state index in [9.17, 15) is 0 Å². The number of nitrogens with zero attached hydrogens (tertiary/aromatic N) is 1. The first-order chi connectivity index (χ1) is 8.81. The first-order valence-electron chi connectivity index (χ1n) is 5.59. The second-order valence-corrected chi connectivity index (χ2v) is 4.48. The van der Waals surface area contributed by atoms with Crippen LogP contribution >= 0.6 is 11.6 Å². The van der Waals surface area contributed by atoms with Crippen LogP contribution in [0.25, 0.3) is 21.9 Å². The van der Waals surface area contributed by atoms with Crippen LogP contribution in [0, 0.1) is 0 Å². The zero-order chi connectivity index (χ0) is 12.5. The van der Waals surface area contributed by atoms with E-state index in [0.29, 0.717) is 10.4 Å². The van der Waals surface area contributed by atoms with E-state index >= 15 is 0 Å². The van der Waals surface area contributed by atoms with Gasteiger partial charge in [-0.05, 0) is 22.9 Å². The highest BCUT2D eigenvalue weighted by Gasteiger charge is 2.10. The average Bonchev–Trinajstić information content (AvgIpc) is 2.60. The van der Waals surface area contributed by atoms with Crippen LogP contribution in [0.4, 0.5) is 0 Å². The summed E-state index contributed by atoms with van der Waals surface area (Å²) in [6, 6.07) is 17.3. The molecular weight excluding hydrogens is 246 g/mol. The normalized spacial score (nSPS) is 12.2. The Labute approximate surface area is 109 Å². The van der Waals surface area contributed by atoms with Crippen LogP contribution in [-0.4, -0.2) is 5.21 Å². The molecule has 0 aromatic heterocycles. The SMILES string of the molecule is ON=c1ccc(Cl)c2cccc3ccccc3c1-2. The zero-order valence-corrected chi connectivity index (χ0v) is 10.2. The maximum atomic E-state index is 9.15. The monoisotopic (exact) mass is 255 g/mol. The van der Waals surface area contributed by atoms with Crippen molar-refractivity contribution in [3.05, 3.63) is 65.0 Å². The van der Waals surface area contributed by atoms with E-state index in [4.69, 9.17) is 16.8 Å². The van der Waals surface area contributed by atoms with Gasteiger partial charge in [-0.15, -0.1) is 0 Å². The third-order valence-corrected chi connectivity index (χ3v) is 3.38. The van der Waals surface area contributed by atoms with E-state index in [1.165, 1.54) is 0 Å². The van der Waals surface area contributed by atoms with E-state index in [0.717, 1.165) is 21.9 Å². The third-order valence-electron chi connectivity index (χ3n) is 3.05. The lowest BCUT2D eigenvalue weighted by Gasteiger charge is -2.06. The Morgan fingerprint density at radius 3 is 2.50 bits per heavy atom. The Morgan fingerprint density at radius 1 is 0.889 bits per heavy atom. The summed E-state index contributed by atoms with van der Waals surface area (Å²) in [5.41, 5.74) is 1.75. The van der Waals surface area contributed by atoms with Gasteiger partial charge in [-0.25, -0.2) is 0 Å². The fourth-order valence-corrected chi connectivity index (χ4v) is 2.45. The highest BCUT2D eigenvalue weighted by molar-refractivity contribution is 6.33. The van der Waals surface area contributed by atoms with Crippen molar-refractivity contribution in [3.63, 3.8) is 0 Å². The average molecular weight is 256 g/mol. The largest absolute Gasteiger partial charge is 0.410 e. The number of benzene rings is 2. The molecule has 0 radical (unpaired) electrons. The van der Waals surface area contributed by atoms with Crippen molar-refractivity contribution in [2.75, 3.05) is 0 Å². The van der Waals surface area contributed by atoms with E-state index in [-0.39, 0.29) is 0 Å². The second-order valence-electron chi connectivity index (χ2n) is 4.07. The van der Waals surface area contributed by atoms with Gasteiger partial charge in [0.2, 0.25) is 0 Å². The smallest absolute Gasteiger partial charge is 0.111 e. The minimum absolute atomic E-state index is 0.529. The molecule has 0 fully saturated rings. The van der Waals surface area contributed by atoms with Crippen LogP contribution < -0.4 is 5.36 Å². The maximum absolute atomic E-state index is 9.15. The molecule has 2 nitrogen and oxygen atoms in total. The van der Waals surface area contributed by atoms with Crippen LogP contribution in [0.2, 0.25) is 5.02 Å². The highest BCUT2D eigenvalue weighted by atomic mass is 35.5. The molecule has 2 aliphatic rings. The summed E-state index contributed by atoms with van der Waals surface area (Å²) < 4.78 is 0. The lowest BCUT2D eigenvalue weighted by atomic mass is 10.0. The van der Waals surface area contributed by atoms with E-state index in [1.807, 2.05) is 42.5 Å². The van der Waals surface area contributed by atoms with Gasteiger partial charge in [0.25, 0.3) is 0 Å². The summed E-state index contributed by atoms with van der Waals surface area (Å²) >= 11 is 6.22. The van der Waals surface area contributed by atoms with Crippen molar-refractivity contribution >= 4 is 22.4 Å². The van der Waals surface area contributed by atoms with Gasteiger partial charge < -0.3 is 5.21 Å². The first-order valence-corrected chi connectivity index (χ1v) is 5.97. The van der Waals surface area contributed by atoms with Crippen molar-refractivity contribution < 1.29 is 5.21 Å². The lowest BCUT2D eigenvalue weighted by molar-refractivity contribution is 0.302. The van der Waals surface area contributed by atoms with Crippen LogP contribution in [-0.2, 0) is 0 Å². The van der Waals surface area contributed by atoms with Gasteiger partial charge in [0, 0.05) is 16.1 Å². The molecule has 1 aromatic carbocycles. The van der Waals surface area contributed by atoms with Gasteiger partial charge in [-0.2, -0.15) is 0 Å². The van der Waals surface area contributed by atoms with Crippen LogP contribution in [0.3, 0.4) is 0 Å². The minimum Gasteiger partial charge on any atom is -0.410 e. The maximum Gasteiger partial charge on any atom is 0.111 e. The Bertz CT molecular complexity index is 767. The molecule has 3 heteroatoms. The van der Waals surface area contributed by atoms with Crippen LogP contribution in [0.15, 0.2) is 59.8 Å². The molecule has 0 heterocycles. The van der Waals surface area contributed by atoms with E-state index in [2.05, 4.69) is 5.16 Å². The molecule has 2 aliphatic carbocycles. The molecule has 88 valence electrons. The molecule has 0 amide bonds. The van der Waals surface area contributed by atoms with E-state index in [1.54, 1.807) is 12.1 Å². The van der Waals surface area contributed by atoms with Gasteiger partial charge in [-0.3, -0.25) is 0 Å². The molecule has 0 aliphatic heterocycles. The summed E-state index contributed by atoms with van der Waals surface area (Å²) in [7, 11) is 0. The first kappa shape index (κ1) is 11.1. The molecule has 18 heavy (non-hydrogen) atoms. The quantitative estimate of drug-likeness (QED) is 0.480. The number of rotatable bonds is 0. The molecule has 0 saturated heterocycles. The molecule has 3 rings (SSSR count). The fraction of sp³-hybridized carbons (Fsp3) is 0. The summed E-state index contributed by atoms with van der Waals surface area (Å²) in [5, 5.41) is 15.8. The number of hydrogen-bond acceptors (Lipinski definition) is 2. The predicted octanol–water partition coefficient (Wildman–Crippen LogP) is 3.89. The van der Waals surface area contributed by atoms with Crippen LogP contribution in [0.1, 0.15) is 0 Å². The van der Waals surface area contributed by atoms with Crippen molar-refractivity contribution in [3.8, 4) is 11.1 Å². The molecule has 0 unspecified atom stereocenters. The Balaban J connectivity index is 2.65. The van der Waals surface area contributed by atoms with Gasteiger partial charge in [-0.1, -0.05) is 59.2 Å². The topological polar surface area (TPSA) is 32.6 Å². The van der Waals surface area contributed by atoms with Gasteiger partial charge >= 0.3 is 0 Å². The van der Waals surface area contributed by atoms with Crippen molar-refractivity contribution in [2.24, 2.45) is 5.16 Å². The molecule has 0 bridgehead atoms. The van der Waals surface area contributed by atoms with Gasteiger partial charge in [0.1, 0.15) is 5.36 Å². The predicted molar refractivity (Wildman–Crippen MR) is 72.9 cm³/mol. The summed E-state index contributed by atoms with van der Waals surface area (Å²) in [5.74, 6) is 0. The Kier molecular flexibility index (Phi) is 2.65. The lowest BCUT2D eigenvalue weighted by Crippen LogP contribution is -2.06. The van der Waals surface area contributed by atoms with Crippen molar-refractivity contribution in [1.29, 1.82) is 0 Å². The summed E-state index contributed by atoms with van der Waals surface area (Å²) in [6.07, 6.45) is 0. The Hall–Kier alpha value is -2.06. The van der Waals surface area contributed by atoms with Crippen molar-refractivity contribution in [1.82, 2.24) is 0 Å². The molecule has 0 saturated carbocycles. The number of hydrogen-bond donors (Lipinski definition) is 1. The molecule has 0 atom stereocenters. The third kappa shape index (κ3) is 1.62. The fourth-order valence-electron chi connectivity index (χ4n) is 2.23. The van der Waals surface area contributed by atoms with Gasteiger partial charge in [0.15, 0.2) is 0 Å². The van der Waals surface area contributed by atoms with Gasteiger partial charge in [0.05, 0.1) is 0 Å². The summed E-state index contributed by atoms with van der Waals surface area (Å²) in [4.78, 5) is 0. The van der Waals surface area contributed by atoms with E-state index < -0.39 is 0 Å². The number of fused-ring (bicyclic) bond motifs is 3. The van der Waals surface area contributed by atoms with Crippen molar-refractivity contribution in [2.45, 2.75) is 0 Å². The second kappa shape index (κ2) is 4.31. The number of halogens is 1. The zero-order valence-electron chi connectivity index (χ0n) is 9.47. The summed E-state index contributed by atoms with van der Waals surface area (Å²) in [6.45, 7) is 0. The van der Waals surface area contributed by atoms with Crippen LogP contribution in [0.5, 0.6) is 0 Å². The molecule has 1 aromatic rings. The molecule has 1 N–H and O–H groups in total. The minimum atomic E-state index is 0.529. The Morgan fingerprint density at radius 2 is 1.67 bits per heavy atom. The molecular formula is C15H10ClNO.